The minimum Gasteiger partial charge on any atom is -0.309 e. The minimum absolute atomic E-state index is 0.629. The number of rotatable bonds is 6. The summed E-state index contributed by atoms with van der Waals surface area (Å²) < 4.78 is 2.41. The van der Waals surface area contributed by atoms with Crippen LogP contribution < -0.4 is 0 Å². The first-order chi connectivity index (χ1) is 28.2. The Kier molecular flexibility index (Phi) is 7.78. The van der Waals surface area contributed by atoms with Gasteiger partial charge in [-0.15, -0.1) is 0 Å². The number of benzene rings is 9. The molecule has 0 radical (unpaired) electrons. The number of nitrogens with zero attached hydrogens (tertiary/aromatic N) is 4. The smallest absolute Gasteiger partial charge is 0.164 e. The SMILES string of the molecule is c1ccc(-c2ccc(-c3nc(-c4ccc(-c5ccccc5)cc4)nc(-c4ccc(-n5c6ccccc6c6cc7ccccc7cc65)c5ccccc45)n3)cc2)cc1. The predicted octanol–water partition coefficient (Wildman–Crippen LogP) is 13.6. The Labute approximate surface area is 330 Å². The summed E-state index contributed by atoms with van der Waals surface area (Å²) >= 11 is 0. The quantitative estimate of drug-likeness (QED) is 0.171. The fraction of sp³-hybridized carbons (Fsp3) is 0. The molecule has 0 atom stereocenters. The van der Waals surface area contributed by atoms with Crippen molar-refractivity contribution in [1.82, 2.24) is 19.5 Å². The van der Waals surface area contributed by atoms with Gasteiger partial charge in [0.1, 0.15) is 0 Å². The lowest BCUT2D eigenvalue weighted by atomic mass is 10.0. The van der Waals surface area contributed by atoms with E-state index in [1.807, 2.05) is 12.1 Å². The summed E-state index contributed by atoms with van der Waals surface area (Å²) in [5, 5.41) is 7.11. The van der Waals surface area contributed by atoms with E-state index in [1.165, 1.54) is 43.7 Å². The van der Waals surface area contributed by atoms with Gasteiger partial charge in [-0.1, -0.05) is 176 Å². The third-order valence-corrected chi connectivity index (χ3v) is 11.1. The van der Waals surface area contributed by atoms with Gasteiger partial charge in [0.2, 0.25) is 0 Å². The van der Waals surface area contributed by atoms with Gasteiger partial charge < -0.3 is 4.57 Å². The molecule has 0 aliphatic rings. The molecule has 0 fully saturated rings. The second kappa shape index (κ2) is 13.6. The summed E-state index contributed by atoms with van der Waals surface area (Å²) in [6, 6.07) is 72.8. The maximum atomic E-state index is 5.21. The molecule has 4 nitrogen and oxygen atoms in total. The molecule has 9 aromatic carbocycles. The zero-order valence-corrected chi connectivity index (χ0v) is 30.9. The van der Waals surface area contributed by atoms with Gasteiger partial charge in [0.25, 0.3) is 0 Å². The van der Waals surface area contributed by atoms with Crippen LogP contribution in [0.25, 0.3) is 105 Å². The van der Waals surface area contributed by atoms with Crippen molar-refractivity contribution < 1.29 is 0 Å². The Bertz CT molecular complexity index is 3160. The van der Waals surface area contributed by atoms with E-state index < -0.39 is 0 Å². The van der Waals surface area contributed by atoms with Gasteiger partial charge in [0.15, 0.2) is 17.5 Å². The number of para-hydroxylation sites is 1. The van der Waals surface area contributed by atoms with Gasteiger partial charge in [-0.25, -0.2) is 15.0 Å². The van der Waals surface area contributed by atoms with Crippen LogP contribution in [0.2, 0.25) is 0 Å². The third kappa shape index (κ3) is 5.74. The molecule has 2 aromatic heterocycles. The number of hydrogen-bond donors (Lipinski definition) is 0. The topological polar surface area (TPSA) is 43.6 Å². The molecule has 11 aromatic rings. The number of aromatic nitrogens is 4. The van der Waals surface area contributed by atoms with Crippen molar-refractivity contribution >= 4 is 43.4 Å². The molecule has 11 rings (SSSR count). The van der Waals surface area contributed by atoms with Gasteiger partial charge >= 0.3 is 0 Å². The van der Waals surface area contributed by atoms with Crippen molar-refractivity contribution in [2.45, 2.75) is 0 Å². The standard InChI is InChI=1S/C53H34N4/c1-3-13-35(14-4-1)37-23-27-39(28-24-37)51-54-52(40-29-25-38(26-30-40)36-15-5-2-6-16-36)56-53(55-51)46-31-32-49(44-20-10-9-19-43(44)46)57-48-22-12-11-21-45(48)47-33-41-17-7-8-18-42(41)34-50(47)57/h1-34H. The molecule has 0 amide bonds. The predicted molar refractivity (Wildman–Crippen MR) is 236 cm³/mol. The van der Waals surface area contributed by atoms with E-state index >= 15 is 0 Å². The Morgan fingerprint density at radius 3 is 1.35 bits per heavy atom. The van der Waals surface area contributed by atoms with Gasteiger partial charge in [0, 0.05) is 32.8 Å². The molecule has 0 spiro atoms. The van der Waals surface area contributed by atoms with Crippen molar-refractivity contribution in [2.24, 2.45) is 0 Å². The second-order valence-corrected chi connectivity index (χ2v) is 14.4. The Morgan fingerprint density at radius 1 is 0.281 bits per heavy atom. The molecule has 0 aliphatic heterocycles. The Hall–Kier alpha value is -7.69. The molecule has 0 bridgehead atoms. The molecule has 0 aliphatic carbocycles. The number of fused-ring (bicyclic) bond motifs is 5. The maximum absolute atomic E-state index is 5.21. The average Bonchev–Trinajstić information content (AvgIpc) is 3.61. The first-order valence-corrected chi connectivity index (χ1v) is 19.3. The van der Waals surface area contributed by atoms with Crippen molar-refractivity contribution in [3.8, 4) is 62.1 Å². The van der Waals surface area contributed by atoms with Crippen LogP contribution in [-0.2, 0) is 0 Å². The highest BCUT2D eigenvalue weighted by atomic mass is 15.0. The van der Waals surface area contributed by atoms with E-state index in [0.29, 0.717) is 17.5 Å². The van der Waals surface area contributed by atoms with Crippen molar-refractivity contribution in [2.75, 3.05) is 0 Å². The molecule has 4 heteroatoms. The van der Waals surface area contributed by atoms with E-state index in [2.05, 4.69) is 199 Å². The molecule has 0 unspecified atom stereocenters. The van der Waals surface area contributed by atoms with Crippen LogP contribution in [0.15, 0.2) is 206 Å². The normalized spacial score (nSPS) is 11.5. The molecule has 2 heterocycles. The van der Waals surface area contributed by atoms with Crippen LogP contribution in [0.5, 0.6) is 0 Å². The first-order valence-electron chi connectivity index (χ1n) is 19.3. The highest BCUT2D eigenvalue weighted by Crippen LogP contribution is 2.39. The van der Waals surface area contributed by atoms with Crippen molar-refractivity contribution in [3.63, 3.8) is 0 Å². The molecule has 0 N–H and O–H groups in total. The van der Waals surface area contributed by atoms with Gasteiger partial charge in [-0.2, -0.15) is 0 Å². The summed E-state index contributed by atoms with van der Waals surface area (Å²) in [7, 11) is 0. The molecule has 57 heavy (non-hydrogen) atoms. The third-order valence-electron chi connectivity index (χ3n) is 11.1. The van der Waals surface area contributed by atoms with Crippen molar-refractivity contribution in [3.05, 3.63) is 206 Å². The second-order valence-electron chi connectivity index (χ2n) is 14.4. The van der Waals surface area contributed by atoms with Crippen molar-refractivity contribution in [1.29, 1.82) is 0 Å². The van der Waals surface area contributed by atoms with Crippen LogP contribution in [0.3, 0.4) is 0 Å². The molecule has 0 saturated heterocycles. The van der Waals surface area contributed by atoms with E-state index in [9.17, 15) is 0 Å². The van der Waals surface area contributed by atoms with E-state index in [4.69, 9.17) is 15.0 Å². The zero-order valence-electron chi connectivity index (χ0n) is 30.9. The van der Waals surface area contributed by atoms with E-state index in [-0.39, 0.29) is 0 Å². The summed E-state index contributed by atoms with van der Waals surface area (Å²) in [5.74, 6) is 1.89. The maximum Gasteiger partial charge on any atom is 0.164 e. The first kappa shape index (κ1) is 32.7. The summed E-state index contributed by atoms with van der Waals surface area (Å²) in [4.78, 5) is 15.5. The molecule has 266 valence electrons. The summed E-state index contributed by atoms with van der Waals surface area (Å²) in [6.07, 6.45) is 0. The average molecular weight is 727 g/mol. The molecular formula is C53H34N4. The van der Waals surface area contributed by atoms with Crippen LogP contribution in [0.4, 0.5) is 0 Å². The van der Waals surface area contributed by atoms with Gasteiger partial charge in [0.05, 0.1) is 16.7 Å². The van der Waals surface area contributed by atoms with Crippen LogP contribution >= 0.6 is 0 Å². The summed E-state index contributed by atoms with van der Waals surface area (Å²) in [6.45, 7) is 0. The zero-order chi connectivity index (χ0) is 37.7. The lowest BCUT2D eigenvalue weighted by Gasteiger charge is -2.15. The number of hydrogen-bond acceptors (Lipinski definition) is 3. The highest BCUT2D eigenvalue weighted by Gasteiger charge is 2.19. The largest absolute Gasteiger partial charge is 0.309 e. The summed E-state index contributed by atoms with van der Waals surface area (Å²) in [5.41, 5.74) is 10.9. The lowest BCUT2D eigenvalue weighted by Crippen LogP contribution is -2.02. The molecular weight excluding hydrogens is 693 g/mol. The highest BCUT2D eigenvalue weighted by molar-refractivity contribution is 6.15. The fourth-order valence-electron chi connectivity index (χ4n) is 8.23. The van der Waals surface area contributed by atoms with Crippen LogP contribution in [-0.4, -0.2) is 19.5 Å². The fourth-order valence-corrected chi connectivity index (χ4v) is 8.23. The van der Waals surface area contributed by atoms with E-state index in [1.54, 1.807) is 0 Å². The van der Waals surface area contributed by atoms with Crippen LogP contribution in [0, 0.1) is 0 Å². The minimum atomic E-state index is 0.629. The monoisotopic (exact) mass is 726 g/mol. The van der Waals surface area contributed by atoms with Gasteiger partial charge in [-0.3, -0.25) is 0 Å². The lowest BCUT2D eigenvalue weighted by molar-refractivity contribution is 1.08. The van der Waals surface area contributed by atoms with Gasteiger partial charge in [-0.05, 0) is 68.7 Å². The molecule has 0 saturated carbocycles. The van der Waals surface area contributed by atoms with Crippen LogP contribution in [0.1, 0.15) is 0 Å². The Balaban J connectivity index is 1.10. The van der Waals surface area contributed by atoms with E-state index in [0.717, 1.165) is 44.3 Å². The Morgan fingerprint density at radius 2 is 0.737 bits per heavy atom.